The molecule has 2 unspecified atom stereocenters. The Bertz CT molecular complexity index is 501. The van der Waals surface area contributed by atoms with Gasteiger partial charge in [0.15, 0.2) is 0 Å². The second-order valence-electron chi connectivity index (χ2n) is 4.82. The number of anilines is 1. The Hall–Kier alpha value is -1.91. The maximum Gasteiger partial charge on any atom is 0.250 e. The van der Waals surface area contributed by atoms with E-state index in [9.17, 15) is 9.59 Å². The normalized spacial score (nSPS) is 23.4. The van der Waals surface area contributed by atoms with Crippen LogP contribution in [0.4, 0.5) is 5.69 Å². The van der Waals surface area contributed by atoms with Gasteiger partial charge in [-0.05, 0) is 31.4 Å². The monoisotopic (exact) mass is 261 g/mol. The first-order chi connectivity index (χ1) is 9.08. The van der Waals surface area contributed by atoms with Crippen LogP contribution < -0.4 is 10.2 Å². The second-order valence-corrected chi connectivity index (χ2v) is 4.82. The SMILES string of the molecule is CCC1NC(=O)C(CC)N(c2cncc(C)c2)C1=O. The molecule has 0 aliphatic carbocycles. The van der Waals surface area contributed by atoms with Gasteiger partial charge in [-0.15, -0.1) is 0 Å². The van der Waals surface area contributed by atoms with E-state index in [1.807, 2.05) is 26.8 Å². The minimum Gasteiger partial charge on any atom is -0.342 e. The van der Waals surface area contributed by atoms with Crippen LogP contribution in [0.15, 0.2) is 18.5 Å². The van der Waals surface area contributed by atoms with E-state index in [0.29, 0.717) is 18.5 Å². The van der Waals surface area contributed by atoms with Crippen LogP contribution in [0.1, 0.15) is 32.3 Å². The fourth-order valence-electron chi connectivity index (χ4n) is 2.39. The Labute approximate surface area is 113 Å². The highest BCUT2D eigenvalue weighted by atomic mass is 16.2. The van der Waals surface area contributed by atoms with Crippen LogP contribution in [0.2, 0.25) is 0 Å². The van der Waals surface area contributed by atoms with Crippen LogP contribution in [0, 0.1) is 6.92 Å². The van der Waals surface area contributed by atoms with Crippen LogP contribution in [-0.2, 0) is 9.59 Å². The minimum absolute atomic E-state index is 0.0543. The number of nitrogens with zero attached hydrogens (tertiary/aromatic N) is 2. The van der Waals surface area contributed by atoms with Gasteiger partial charge in [0.1, 0.15) is 12.1 Å². The summed E-state index contributed by atoms with van der Waals surface area (Å²) in [6, 6.07) is 1.01. The molecule has 2 rings (SSSR count). The summed E-state index contributed by atoms with van der Waals surface area (Å²) in [5, 5.41) is 2.78. The summed E-state index contributed by atoms with van der Waals surface area (Å²) in [6.07, 6.45) is 4.55. The van der Waals surface area contributed by atoms with Gasteiger partial charge in [-0.2, -0.15) is 0 Å². The Balaban J connectivity index is 2.42. The number of hydrogen-bond donors (Lipinski definition) is 1. The first-order valence-electron chi connectivity index (χ1n) is 6.63. The summed E-state index contributed by atoms with van der Waals surface area (Å²) < 4.78 is 0. The molecule has 19 heavy (non-hydrogen) atoms. The van der Waals surface area contributed by atoms with E-state index in [-0.39, 0.29) is 11.8 Å². The number of hydrogen-bond acceptors (Lipinski definition) is 3. The van der Waals surface area contributed by atoms with Crippen molar-refractivity contribution in [3.63, 3.8) is 0 Å². The minimum atomic E-state index is -0.445. The fraction of sp³-hybridized carbons (Fsp3) is 0.500. The molecular weight excluding hydrogens is 242 g/mol. The molecule has 0 bridgehead atoms. The van der Waals surface area contributed by atoms with Crippen molar-refractivity contribution in [3.05, 3.63) is 24.0 Å². The topological polar surface area (TPSA) is 62.3 Å². The standard InChI is InChI=1S/C14H19N3O2/c1-4-11-14(19)17(12(5-2)13(18)16-11)10-6-9(3)7-15-8-10/h6-8,11-12H,4-5H2,1-3H3,(H,16,18). The first kappa shape index (κ1) is 13.5. The van der Waals surface area contributed by atoms with Crippen molar-refractivity contribution in [1.82, 2.24) is 10.3 Å². The van der Waals surface area contributed by atoms with Gasteiger partial charge in [0.25, 0.3) is 0 Å². The van der Waals surface area contributed by atoms with Gasteiger partial charge >= 0.3 is 0 Å². The zero-order valence-corrected chi connectivity index (χ0v) is 11.5. The maximum atomic E-state index is 12.5. The van der Waals surface area contributed by atoms with E-state index in [2.05, 4.69) is 10.3 Å². The number of nitrogens with one attached hydrogen (secondary N) is 1. The summed E-state index contributed by atoms with van der Waals surface area (Å²) in [5.74, 6) is -0.142. The largest absolute Gasteiger partial charge is 0.342 e. The van der Waals surface area contributed by atoms with Crippen molar-refractivity contribution < 1.29 is 9.59 Å². The molecule has 1 aliphatic rings. The summed E-state index contributed by atoms with van der Waals surface area (Å²) in [4.78, 5) is 30.3. The number of aromatic nitrogens is 1. The van der Waals surface area contributed by atoms with Gasteiger partial charge in [0, 0.05) is 6.20 Å². The molecule has 1 aromatic rings. The van der Waals surface area contributed by atoms with Crippen molar-refractivity contribution in [2.24, 2.45) is 0 Å². The number of piperazine rings is 1. The molecule has 0 saturated carbocycles. The molecule has 102 valence electrons. The van der Waals surface area contributed by atoms with Crippen LogP contribution in [0.25, 0.3) is 0 Å². The maximum absolute atomic E-state index is 12.5. The van der Waals surface area contributed by atoms with E-state index in [1.54, 1.807) is 17.3 Å². The molecule has 1 aliphatic heterocycles. The molecule has 0 spiro atoms. The van der Waals surface area contributed by atoms with Gasteiger partial charge in [-0.3, -0.25) is 19.5 Å². The van der Waals surface area contributed by atoms with Crippen molar-refractivity contribution in [3.8, 4) is 0 Å². The molecular formula is C14H19N3O2. The lowest BCUT2D eigenvalue weighted by molar-refractivity contribution is -0.134. The summed E-state index contributed by atoms with van der Waals surface area (Å²) in [6.45, 7) is 5.71. The van der Waals surface area contributed by atoms with Gasteiger partial charge < -0.3 is 5.32 Å². The van der Waals surface area contributed by atoms with Gasteiger partial charge in [0.05, 0.1) is 11.9 Å². The average molecular weight is 261 g/mol. The highest BCUT2D eigenvalue weighted by Crippen LogP contribution is 2.23. The molecule has 2 atom stereocenters. The fourth-order valence-corrected chi connectivity index (χ4v) is 2.39. The van der Waals surface area contributed by atoms with Crippen LogP contribution in [0.3, 0.4) is 0 Å². The molecule has 0 aromatic carbocycles. The van der Waals surface area contributed by atoms with Crippen molar-refractivity contribution in [1.29, 1.82) is 0 Å². The van der Waals surface area contributed by atoms with E-state index >= 15 is 0 Å². The van der Waals surface area contributed by atoms with Crippen molar-refractivity contribution in [2.75, 3.05) is 4.90 Å². The predicted molar refractivity (Wildman–Crippen MR) is 72.8 cm³/mol. The zero-order chi connectivity index (χ0) is 14.0. The lowest BCUT2D eigenvalue weighted by Gasteiger charge is -2.38. The van der Waals surface area contributed by atoms with Crippen LogP contribution >= 0.6 is 0 Å². The van der Waals surface area contributed by atoms with E-state index in [1.165, 1.54) is 0 Å². The average Bonchev–Trinajstić information content (AvgIpc) is 2.40. The number of aryl methyl sites for hydroxylation is 1. The molecule has 2 heterocycles. The molecule has 1 saturated heterocycles. The van der Waals surface area contributed by atoms with Crippen molar-refractivity contribution >= 4 is 17.5 Å². The summed E-state index contributed by atoms with van der Waals surface area (Å²) in [5.41, 5.74) is 1.67. The summed E-state index contributed by atoms with van der Waals surface area (Å²) in [7, 11) is 0. The molecule has 5 nitrogen and oxygen atoms in total. The van der Waals surface area contributed by atoms with Gasteiger partial charge in [0.2, 0.25) is 11.8 Å². The number of carbonyl (C=O) groups excluding carboxylic acids is 2. The number of rotatable bonds is 3. The van der Waals surface area contributed by atoms with Crippen LogP contribution in [0.5, 0.6) is 0 Å². The molecule has 0 radical (unpaired) electrons. The summed E-state index contributed by atoms with van der Waals surface area (Å²) >= 11 is 0. The van der Waals surface area contributed by atoms with E-state index in [0.717, 1.165) is 5.56 Å². The third-order valence-electron chi connectivity index (χ3n) is 3.40. The Morgan fingerprint density at radius 2 is 2.00 bits per heavy atom. The molecule has 1 N–H and O–H groups in total. The lowest BCUT2D eigenvalue weighted by atomic mass is 10.0. The second kappa shape index (κ2) is 5.38. The number of amides is 2. The quantitative estimate of drug-likeness (QED) is 0.894. The lowest BCUT2D eigenvalue weighted by Crippen LogP contribution is -2.63. The highest BCUT2D eigenvalue weighted by Gasteiger charge is 2.39. The molecule has 1 fully saturated rings. The molecule has 5 heteroatoms. The zero-order valence-electron chi connectivity index (χ0n) is 11.5. The first-order valence-corrected chi connectivity index (χ1v) is 6.63. The Morgan fingerprint density at radius 1 is 1.26 bits per heavy atom. The van der Waals surface area contributed by atoms with Crippen molar-refractivity contribution in [2.45, 2.75) is 45.7 Å². The third kappa shape index (κ3) is 2.45. The molecule has 1 aromatic heterocycles. The van der Waals surface area contributed by atoms with E-state index in [4.69, 9.17) is 0 Å². The third-order valence-corrected chi connectivity index (χ3v) is 3.40. The smallest absolute Gasteiger partial charge is 0.250 e. The highest BCUT2D eigenvalue weighted by molar-refractivity contribution is 6.08. The molecule has 2 amide bonds. The van der Waals surface area contributed by atoms with E-state index < -0.39 is 12.1 Å². The van der Waals surface area contributed by atoms with Gasteiger partial charge in [-0.25, -0.2) is 0 Å². The Kier molecular flexibility index (Phi) is 3.83. The van der Waals surface area contributed by atoms with Gasteiger partial charge in [-0.1, -0.05) is 13.8 Å². The number of carbonyl (C=O) groups is 2. The predicted octanol–water partition coefficient (Wildman–Crippen LogP) is 1.41. The van der Waals surface area contributed by atoms with Crippen LogP contribution in [-0.4, -0.2) is 28.9 Å². The Morgan fingerprint density at radius 3 is 2.58 bits per heavy atom. The number of pyridine rings is 1.